The second kappa shape index (κ2) is 6.39. The average molecular weight is 171 g/mol. The maximum atomic E-state index is 10.8. The van der Waals surface area contributed by atoms with Gasteiger partial charge in [-0.15, -0.1) is 0 Å². The lowest BCUT2D eigenvalue weighted by Gasteiger charge is -2.02. The Kier molecular flexibility index (Phi) is 5.69. The standard InChI is InChI=1S/C8H13NO3/c1-7(2)8(11)12-5-3-4-9-6-10/h6H,1,3-5H2,2H3,(H,9,10). The molecule has 1 N–H and O–H groups in total. The van der Waals surface area contributed by atoms with E-state index in [2.05, 4.69) is 11.9 Å². The molecule has 68 valence electrons. The predicted octanol–water partition coefficient (Wildman–Crippen LogP) is 0.242. The molecule has 0 saturated heterocycles. The van der Waals surface area contributed by atoms with Crippen LogP contribution in [0.1, 0.15) is 13.3 Å². The van der Waals surface area contributed by atoms with Crippen LogP contribution >= 0.6 is 0 Å². The van der Waals surface area contributed by atoms with Crippen molar-refractivity contribution in [2.45, 2.75) is 13.3 Å². The number of carbonyl (C=O) groups excluding carboxylic acids is 2. The Morgan fingerprint density at radius 1 is 1.67 bits per heavy atom. The molecular formula is C8H13NO3. The molecule has 12 heavy (non-hydrogen) atoms. The maximum Gasteiger partial charge on any atom is 0.333 e. The van der Waals surface area contributed by atoms with Crippen molar-refractivity contribution in [2.24, 2.45) is 0 Å². The quantitative estimate of drug-likeness (QED) is 0.269. The topological polar surface area (TPSA) is 55.4 Å². The Hall–Kier alpha value is -1.32. The highest BCUT2D eigenvalue weighted by atomic mass is 16.5. The third kappa shape index (κ3) is 5.46. The molecule has 0 aliphatic carbocycles. The number of hydrogen-bond donors (Lipinski definition) is 1. The fraction of sp³-hybridized carbons (Fsp3) is 0.500. The van der Waals surface area contributed by atoms with E-state index in [1.54, 1.807) is 6.92 Å². The number of esters is 1. The van der Waals surface area contributed by atoms with E-state index in [1.165, 1.54) is 0 Å². The highest BCUT2D eigenvalue weighted by Crippen LogP contribution is 1.92. The van der Waals surface area contributed by atoms with E-state index >= 15 is 0 Å². The summed E-state index contributed by atoms with van der Waals surface area (Å²) in [5.74, 6) is -0.388. The molecule has 4 heteroatoms. The molecule has 4 nitrogen and oxygen atoms in total. The summed E-state index contributed by atoms with van der Waals surface area (Å²) in [4.78, 5) is 20.5. The van der Waals surface area contributed by atoms with E-state index in [-0.39, 0.29) is 5.97 Å². The van der Waals surface area contributed by atoms with E-state index in [4.69, 9.17) is 4.74 Å². The molecule has 1 amide bonds. The smallest absolute Gasteiger partial charge is 0.333 e. The third-order valence-corrected chi connectivity index (χ3v) is 1.13. The van der Waals surface area contributed by atoms with Gasteiger partial charge in [-0.05, 0) is 13.3 Å². The highest BCUT2D eigenvalue weighted by molar-refractivity contribution is 5.86. The van der Waals surface area contributed by atoms with Gasteiger partial charge in [0, 0.05) is 12.1 Å². The minimum atomic E-state index is -0.388. The second-order valence-electron chi connectivity index (χ2n) is 2.34. The predicted molar refractivity (Wildman–Crippen MR) is 44.5 cm³/mol. The zero-order valence-electron chi connectivity index (χ0n) is 7.13. The van der Waals surface area contributed by atoms with Gasteiger partial charge in [0.15, 0.2) is 0 Å². The number of amides is 1. The maximum absolute atomic E-state index is 10.8. The molecule has 0 aliphatic rings. The minimum Gasteiger partial charge on any atom is -0.462 e. The lowest BCUT2D eigenvalue weighted by Crippen LogP contribution is -2.15. The first-order valence-electron chi connectivity index (χ1n) is 3.68. The highest BCUT2D eigenvalue weighted by Gasteiger charge is 2.00. The zero-order chi connectivity index (χ0) is 9.40. The van der Waals surface area contributed by atoms with Crippen molar-refractivity contribution in [3.8, 4) is 0 Å². The van der Waals surface area contributed by atoms with Crippen LogP contribution in [0.2, 0.25) is 0 Å². The van der Waals surface area contributed by atoms with Crippen molar-refractivity contribution < 1.29 is 14.3 Å². The molecule has 0 aliphatic heterocycles. The van der Waals surface area contributed by atoms with Crippen molar-refractivity contribution in [2.75, 3.05) is 13.2 Å². The Bertz CT molecular complexity index is 177. The molecular weight excluding hydrogens is 158 g/mol. The summed E-state index contributed by atoms with van der Waals surface area (Å²) in [5.41, 5.74) is 0.387. The molecule has 0 rings (SSSR count). The van der Waals surface area contributed by atoms with E-state index in [0.29, 0.717) is 31.6 Å². The summed E-state index contributed by atoms with van der Waals surface area (Å²) in [5, 5.41) is 2.46. The van der Waals surface area contributed by atoms with Gasteiger partial charge in [-0.2, -0.15) is 0 Å². The normalized spacial score (nSPS) is 8.75. The van der Waals surface area contributed by atoms with Crippen LogP contribution in [0, 0.1) is 0 Å². The van der Waals surface area contributed by atoms with Gasteiger partial charge < -0.3 is 10.1 Å². The molecule has 0 radical (unpaired) electrons. The molecule has 0 aromatic carbocycles. The fourth-order valence-electron chi connectivity index (χ4n) is 0.521. The molecule has 0 bridgehead atoms. The average Bonchev–Trinajstić information content (AvgIpc) is 2.03. The molecule has 0 aromatic heterocycles. The fourth-order valence-corrected chi connectivity index (χ4v) is 0.521. The van der Waals surface area contributed by atoms with Crippen molar-refractivity contribution in [3.63, 3.8) is 0 Å². The Labute approximate surface area is 71.6 Å². The first kappa shape index (κ1) is 10.7. The number of nitrogens with one attached hydrogen (secondary N) is 1. The first-order valence-corrected chi connectivity index (χ1v) is 3.68. The summed E-state index contributed by atoms with van der Waals surface area (Å²) in [7, 11) is 0. The lowest BCUT2D eigenvalue weighted by molar-refractivity contribution is -0.138. The Morgan fingerprint density at radius 3 is 2.83 bits per heavy atom. The van der Waals surface area contributed by atoms with E-state index in [0.717, 1.165) is 0 Å². The van der Waals surface area contributed by atoms with Crippen LogP contribution in [-0.4, -0.2) is 25.5 Å². The van der Waals surface area contributed by atoms with Gasteiger partial charge in [0.25, 0.3) is 0 Å². The summed E-state index contributed by atoms with van der Waals surface area (Å²) in [6.07, 6.45) is 1.23. The van der Waals surface area contributed by atoms with E-state index < -0.39 is 0 Å². The van der Waals surface area contributed by atoms with Crippen LogP contribution in [0.15, 0.2) is 12.2 Å². The van der Waals surface area contributed by atoms with Crippen LogP contribution in [0.25, 0.3) is 0 Å². The van der Waals surface area contributed by atoms with Gasteiger partial charge in [0.05, 0.1) is 6.61 Å². The summed E-state index contributed by atoms with van der Waals surface area (Å²) < 4.78 is 4.76. The summed E-state index contributed by atoms with van der Waals surface area (Å²) in [6, 6.07) is 0. The number of rotatable bonds is 6. The van der Waals surface area contributed by atoms with E-state index in [9.17, 15) is 9.59 Å². The molecule has 0 fully saturated rings. The summed E-state index contributed by atoms with van der Waals surface area (Å²) >= 11 is 0. The Balaban J connectivity index is 3.25. The van der Waals surface area contributed by atoms with Crippen molar-refractivity contribution >= 4 is 12.4 Å². The van der Waals surface area contributed by atoms with Gasteiger partial charge in [-0.3, -0.25) is 4.79 Å². The number of carbonyl (C=O) groups is 2. The van der Waals surface area contributed by atoms with Gasteiger partial charge >= 0.3 is 5.97 Å². The van der Waals surface area contributed by atoms with Gasteiger partial charge in [-0.1, -0.05) is 6.58 Å². The second-order valence-corrected chi connectivity index (χ2v) is 2.34. The van der Waals surface area contributed by atoms with Gasteiger partial charge in [0.1, 0.15) is 0 Å². The molecule has 0 spiro atoms. The third-order valence-electron chi connectivity index (χ3n) is 1.13. The first-order chi connectivity index (χ1) is 5.68. The Morgan fingerprint density at radius 2 is 2.33 bits per heavy atom. The molecule has 0 atom stereocenters. The SMILES string of the molecule is C=C(C)C(=O)OCCCNC=O. The number of hydrogen-bond acceptors (Lipinski definition) is 3. The summed E-state index contributed by atoms with van der Waals surface area (Å²) in [6.45, 7) is 5.85. The molecule has 0 aromatic rings. The van der Waals surface area contributed by atoms with Gasteiger partial charge in [0.2, 0.25) is 6.41 Å². The van der Waals surface area contributed by atoms with Crippen LogP contribution in [-0.2, 0) is 14.3 Å². The van der Waals surface area contributed by atoms with E-state index in [1.807, 2.05) is 0 Å². The van der Waals surface area contributed by atoms with Crippen molar-refractivity contribution in [3.05, 3.63) is 12.2 Å². The van der Waals surface area contributed by atoms with Crippen LogP contribution in [0.5, 0.6) is 0 Å². The van der Waals surface area contributed by atoms with Crippen molar-refractivity contribution in [1.29, 1.82) is 0 Å². The van der Waals surface area contributed by atoms with Crippen LogP contribution in [0.4, 0.5) is 0 Å². The minimum absolute atomic E-state index is 0.312. The van der Waals surface area contributed by atoms with Crippen molar-refractivity contribution in [1.82, 2.24) is 5.32 Å². The van der Waals surface area contributed by atoms with Gasteiger partial charge in [-0.25, -0.2) is 4.79 Å². The largest absolute Gasteiger partial charge is 0.462 e. The lowest BCUT2D eigenvalue weighted by atomic mass is 10.3. The van der Waals surface area contributed by atoms with Crippen LogP contribution < -0.4 is 5.32 Å². The zero-order valence-corrected chi connectivity index (χ0v) is 7.13. The molecule has 0 saturated carbocycles. The van der Waals surface area contributed by atoms with Crippen LogP contribution in [0.3, 0.4) is 0 Å². The monoisotopic (exact) mass is 171 g/mol. The number of ether oxygens (including phenoxy) is 1. The molecule has 0 heterocycles. The molecule has 0 unspecified atom stereocenters.